The van der Waals surface area contributed by atoms with Gasteiger partial charge in [-0.15, -0.1) is 0 Å². The number of nitrogens with zero attached hydrogens (tertiary/aromatic N) is 1. The van der Waals surface area contributed by atoms with Gasteiger partial charge >= 0.3 is 6.18 Å². The molecule has 1 heterocycles. The summed E-state index contributed by atoms with van der Waals surface area (Å²) in [5, 5.41) is 2.57. The first kappa shape index (κ1) is 17.4. The summed E-state index contributed by atoms with van der Waals surface area (Å²) in [6.07, 6.45) is -4.47. The molecule has 2 rings (SSSR count). The lowest BCUT2D eigenvalue weighted by molar-refractivity contribution is -0.309. The van der Waals surface area contributed by atoms with E-state index in [9.17, 15) is 22.8 Å². The fraction of sp³-hybridized carbons (Fsp3) is 0.467. The molecule has 8 heteroatoms. The van der Waals surface area contributed by atoms with Crippen LogP contribution in [-0.4, -0.2) is 55.1 Å². The Labute approximate surface area is 131 Å². The SMILES string of the molecule is COC1(C(F)(F)F)CN(CC(=O)Nc2cccc(C(C)=O)c2)C1. The largest absolute Gasteiger partial charge is 0.419 e. The summed E-state index contributed by atoms with van der Waals surface area (Å²) in [6.45, 7) is 0.468. The lowest BCUT2D eigenvalue weighted by Crippen LogP contribution is -2.70. The minimum Gasteiger partial charge on any atom is -0.366 e. The first-order chi connectivity index (χ1) is 10.7. The van der Waals surface area contributed by atoms with Gasteiger partial charge in [-0.2, -0.15) is 13.2 Å². The van der Waals surface area contributed by atoms with E-state index in [1.165, 1.54) is 17.9 Å². The number of anilines is 1. The van der Waals surface area contributed by atoms with Gasteiger partial charge in [0.15, 0.2) is 11.4 Å². The highest BCUT2D eigenvalue weighted by molar-refractivity contribution is 5.97. The Morgan fingerprint density at radius 1 is 1.35 bits per heavy atom. The van der Waals surface area contributed by atoms with Gasteiger partial charge in [0, 0.05) is 31.5 Å². The molecule has 126 valence electrons. The van der Waals surface area contributed by atoms with Crippen molar-refractivity contribution in [2.75, 3.05) is 32.1 Å². The van der Waals surface area contributed by atoms with Gasteiger partial charge in [0.2, 0.25) is 5.91 Å². The third-order valence-corrected chi connectivity index (χ3v) is 3.79. The zero-order valence-corrected chi connectivity index (χ0v) is 12.7. The van der Waals surface area contributed by atoms with Crippen LogP contribution in [-0.2, 0) is 9.53 Å². The highest BCUT2D eigenvalue weighted by Crippen LogP contribution is 2.40. The van der Waals surface area contributed by atoms with Crippen LogP contribution in [0.15, 0.2) is 24.3 Å². The van der Waals surface area contributed by atoms with Gasteiger partial charge in [0.25, 0.3) is 0 Å². The molecule has 0 saturated carbocycles. The molecule has 1 saturated heterocycles. The third kappa shape index (κ3) is 3.70. The Morgan fingerprint density at radius 3 is 2.52 bits per heavy atom. The summed E-state index contributed by atoms with van der Waals surface area (Å²) in [6, 6.07) is 6.36. The predicted molar refractivity (Wildman–Crippen MR) is 77.3 cm³/mol. The molecule has 0 spiro atoms. The zero-order valence-electron chi connectivity index (χ0n) is 12.7. The fourth-order valence-electron chi connectivity index (χ4n) is 2.43. The van der Waals surface area contributed by atoms with Crippen LogP contribution in [0.4, 0.5) is 18.9 Å². The highest BCUT2D eigenvalue weighted by Gasteiger charge is 2.62. The lowest BCUT2D eigenvalue weighted by Gasteiger charge is -2.49. The molecule has 5 nitrogen and oxygen atoms in total. The number of carbonyl (C=O) groups is 2. The molecule has 0 aromatic heterocycles. The number of alkyl halides is 3. The van der Waals surface area contributed by atoms with Crippen molar-refractivity contribution in [3.05, 3.63) is 29.8 Å². The predicted octanol–water partition coefficient (Wildman–Crippen LogP) is 2.09. The number of amides is 1. The van der Waals surface area contributed by atoms with Gasteiger partial charge in [-0.3, -0.25) is 14.5 Å². The minimum absolute atomic E-state index is 0.140. The first-order valence-electron chi connectivity index (χ1n) is 6.92. The van der Waals surface area contributed by atoms with Gasteiger partial charge in [-0.25, -0.2) is 0 Å². The zero-order chi connectivity index (χ0) is 17.3. The quantitative estimate of drug-likeness (QED) is 0.840. The Balaban J connectivity index is 1.90. The molecule has 0 radical (unpaired) electrons. The Hall–Kier alpha value is -1.93. The molecule has 0 atom stereocenters. The number of methoxy groups -OCH3 is 1. The van der Waals surface area contributed by atoms with Gasteiger partial charge in [-0.1, -0.05) is 12.1 Å². The topological polar surface area (TPSA) is 58.6 Å². The number of carbonyl (C=O) groups excluding carboxylic acids is 2. The van der Waals surface area contributed by atoms with E-state index >= 15 is 0 Å². The monoisotopic (exact) mass is 330 g/mol. The summed E-state index contributed by atoms with van der Waals surface area (Å²) in [7, 11) is 1.01. The van der Waals surface area contributed by atoms with Crippen LogP contribution >= 0.6 is 0 Å². The second-order valence-electron chi connectivity index (χ2n) is 5.53. The number of likely N-dealkylation sites (tertiary alicyclic amines) is 1. The van der Waals surface area contributed by atoms with Gasteiger partial charge in [-0.05, 0) is 19.1 Å². The summed E-state index contributed by atoms with van der Waals surface area (Å²) in [5.74, 6) is -0.587. The van der Waals surface area contributed by atoms with Crippen molar-refractivity contribution in [1.29, 1.82) is 0 Å². The second kappa shape index (κ2) is 6.29. The van der Waals surface area contributed by atoms with Crippen molar-refractivity contribution in [2.24, 2.45) is 0 Å². The first-order valence-corrected chi connectivity index (χ1v) is 6.92. The normalized spacial score (nSPS) is 17.4. The van der Waals surface area contributed by atoms with Crippen molar-refractivity contribution in [2.45, 2.75) is 18.7 Å². The Morgan fingerprint density at radius 2 is 2.00 bits per heavy atom. The number of ketones is 1. The molecule has 1 N–H and O–H groups in total. The van der Waals surface area contributed by atoms with Crippen LogP contribution in [0.25, 0.3) is 0 Å². The summed E-state index contributed by atoms with van der Waals surface area (Å²) >= 11 is 0. The van der Waals surface area contributed by atoms with E-state index in [2.05, 4.69) is 10.1 Å². The minimum atomic E-state index is -4.47. The lowest BCUT2D eigenvalue weighted by atomic mass is 9.93. The molecular weight excluding hydrogens is 313 g/mol. The third-order valence-electron chi connectivity index (χ3n) is 3.79. The van der Waals surface area contributed by atoms with Gasteiger partial charge in [0.1, 0.15) is 0 Å². The van der Waals surface area contributed by atoms with Crippen molar-refractivity contribution in [1.82, 2.24) is 4.90 Å². The Kier molecular flexibility index (Phi) is 4.76. The van der Waals surface area contributed by atoms with E-state index in [1.54, 1.807) is 18.2 Å². The number of hydrogen-bond acceptors (Lipinski definition) is 4. The molecular formula is C15H17F3N2O3. The molecule has 1 aromatic rings. The number of ether oxygens (including phenoxy) is 1. The van der Waals surface area contributed by atoms with Crippen LogP contribution in [0.1, 0.15) is 17.3 Å². The molecule has 1 amide bonds. The Bertz CT molecular complexity index is 610. The van der Waals surface area contributed by atoms with Crippen molar-refractivity contribution in [3.8, 4) is 0 Å². The molecule has 0 unspecified atom stereocenters. The van der Waals surface area contributed by atoms with Gasteiger partial charge < -0.3 is 10.1 Å². The van der Waals surface area contributed by atoms with Crippen LogP contribution < -0.4 is 5.32 Å². The van der Waals surface area contributed by atoms with E-state index < -0.39 is 17.7 Å². The highest BCUT2D eigenvalue weighted by atomic mass is 19.4. The molecule has 1 aliphatic heterocycles. The molecule has 23 heavy (non-hydrogen) atoms. The molecule has 1 fully saturated rings. The molecule has 0 aliphatic carbocycles. The van der Waals surface area contributed by atoms with Crippen LogP contribution in [0.2, 0.25) is 0 Å². The average molecular weight is 330 g/mol. The maximum absolute atomic E-state index is 12.8. The van der Waals surface area contributed by atoms with Crippen molar-refractivity contribution >= 4 is 17.4 Å². The van der Waals surface area contributed by atoms with E-state index in [1.807, 2.05) is 0 Å². The average Bonchev–Trinajstić information content (AvgIpc) is 2.41. The number of nitrogens with one attached hydrogen (secondary N) is 1. The van der Waals surface area contributed by atoms with Gasteiger partial charge in [0.05, 0.1) is 6.54 Å². The van der Waals surface area contributed by atoms with E-state index in [-0.39, 0.29) is 25.4 Å². The van der Waals surface area contributed by atoms with Crippen LogP contribution in [0.5, 0.6) is 0 Å². The standard InChI is InChI=1S/C15H17F3N2O3/c1-10(21)11-4-3-5-12(6-11)19-13(22)7-20-8-14(9-20,23-2)15(16,17)18/h3-6H,7-9H2,1-2H3,(H,19,22). The van der Waals surface area contributed by atoms with E-state index in [0.717, 1.165) is 7.11 Å². The summed E-state index contributed by atoms with van der Waals surface area (Å²) in [4.78, 5) is 24.5. The maximum atomic E-state index is 12.8. The number of benzene rings is 1. The number of rotatable bonds is 5. The molecule has 1 aromatic carbocycles. The fourth-order valence-corrected chi connectivity index (χ4v) is 2.43. The maximum Gasteiger partial charge on any atom is 0.419 e. The number of Topliss-reactive ketones (excluding diaryl/α,β-unsaturated/α-hetero) is 1. The van der Waals surface area contributed by atoms with Crippen LogP contribution in [0.3, 0.4) is 0 Å². The molecule has 1 aliphatic rings. The van der Waals surface area contributed by atoms with Crippen LogP contribution in [0, 0.1) is 0 Å². The van der Waals surface area contributed by atoms with E-state index in [0.29, 0.717) is 11.3 Å². The molecule has 0 bridgehead atoms. The van der Waals surface area contributed by atoms with E-state index in [4.69, 9.17) is 0 Å². The van der Waals surface area contributed by atoms with Crippen molar-refractivity contribution < 1.29 is 27.5 Å². The number of hydrogen-bond donors (Lipinski definition) is 1. The summed E-state index contributed by atoms with van der Waals surface area (Å²) in [5.41, 5.74) is -1.32. The second-order valence-corrected chi connectivity index (χ2v) is 5.53. The number of halogens is 3. The smallest absolute Gasteiger partial charge is 0.366 e. The summed E-state index contributed by atoms with van der Waals surface area (Å²) < 4.78 is 43.1. The van der Waals surface area contributed by atoms with Crippen molar-refractivity contribution in [3.63, 3.8) is 0 Å².